The molecule has 0 aromatic rings. The molecule has 9 heteroatoms. The summed E-state index contributed by atoms with van der Waals surface area (Å²) in [7, 11) is 0. The second kappa shape index (κ2) is 18.5. The number of carbonyl (C=O) groups excluding carboxylic acids is 4. The highest BCUT2D eigenvalue weighted by atomic mass is 19.1. The van der Waals surface area contributed by atoms with Crippen LogP contribution in [0.3, 0.4) is 0 Å². The Labute approximate surface area is 285 Å². The lowest BCUT2D eigenvalue weighted by atomic mass is 9.63. The third kappa shape index (κ3) is 14.8. The molecular weight excluding hydrogens is 601 g/mol. The Hall–Kier alpha value is -2.29. The summed E-state index contributed by atoms with van der Waals surface area (Å²) in [5, 5.41) is 3.27. The van der Waals surface area contributed by atoms with E-state index in [0.29, 0.717) is 57.1 Å². The number of halogens is 1. The van der Waals surface area contributed by atoms with Crippen molar-refractivity contribution in [1.29, 1.82) is 0 Å². The first kappa shape index (κ1) is 44.7. The van der Waals surface area contributed by atoms with Crippen LogP contribution in [0, 0.1) is 28.6 Å². The molecule has 0 fully saturated rings. The zero-order valence-corrected chi connectivity index (χ0v) is 32.4. The van der Waals surface area contributed by atoms with Crippen LogP contribution >= 0.6 is 0 Å². The number of carbonyl (C=O) groups is 4. The molecule has 0 aliphatic carbocycles. The molecule has 274 valence electrons. The Morgan fingerprint density at radius 3 is 1.66 bits per heavy atom. The van der Waals surface area contributed by atoms with Crippen molar-refractivity contribution in [3.63, 3.8) is 0 Å². The summed E-state index contributed by atoms with van der Waals surface area (Å²) in [6.07, 6.45) is 5.24. The number of ether oxygens (including phenoxy) is 3. The van der Waals surface area contributed by atoms with E-state index in [1.165, 1.54) is 0 Å². The fraction of sp³-hybridized carbons (Fsp3) is 0.842. The highest BCUT2D eigenvalue weighted by Crippen LogP contribution is 2.46. The van der Waals surface area contributed by atoms with E-state index in [1.54, 1.807) is 20.0 Å². The van der Waals surface area contributed by atoms with Gasteiger partial charge in [0.05, 0.1) is 36.2 Å². The molecule has 8 nitrogen and oxygen atoms in total. The molecule has 0 rings (SSSR count). The molecule has 1 N–H and O–H groups in total. The molecule has 0 heterocycles. The van der Waals surface area contributed by atoms with Crippen LogP contribution in [0.4, 0.5) is 4.39 Å². The fourth-order valence-electron chi connectivity index (χ4n) is 6.98. The number of nitrogens with one attached hydrogen (secondary N) is 1. The van der Waals surface area contributed by atoms with Gasteiger partial charge in [0.2, 0.25) is 0 Å². The van der Waals surface area contributed by atoms with Gasteiger partial charge < -0.3 is 19.5 Å². The molecule has 0 aromatic carbocycles. The molecule has 0 saturated carbocycles. The van der Waals surface area contributed by atoms with Gasteiger partial charge in [-0.3, -0.25) is 14.4 Å². The quantitative estimate of drug-likeness (QED) is 0.0654. The van der Waals surface area contributed by atoms with E-state index in [-0.39, 0.29) is 24.3 Å². The molecule has 0 amide bonds. The summed E-state index contributed by atoms with van der Waals surface area (Å²) in [5.74, 6) is -1.92. The summed E-state index contributed by atoms with van der Waals surface area (Å²) >= 11 is 0. The number of esters is 2. The second-order valence-corrected chi connectivity index (χ2v) is 16.3. The van der Waals surface area contributed by atoms with Gasteiger partial charge in [0, 0.05) is 30.5 Å². The van der Waals surface area contributed by atoms with E-state index >= 15 is 0 Å². The van der Waals surface area contributed by atoms with Crippen molar-refractivity contribution in [2.45, 2.75) is 166 Å². The molecule has 0 aromatic heterocycles. The van der Waals surface area contributed by atoms with E-state index in [9.17, 15) is 23.6 Å². The molecule has 0 aliphatic rings. The minimum Gasteiger partial charge on any atom is -0.465 e. The zero-order valence-electron chi connectivity index (χ0n) is 32.4. The lowest BCUT2D eigenvalue weighted by molar-refractivity contribution is -0.156. The largest absolute Gasteiger partial charge is 0.465 e. The van der Waals surface area contributed by atoms with Gasteiger partial charge in [0.25, 0.3) is 0 Å². The normalized spacial score (nSPS) is 15.4. The molecule has 0 radical (unpaired) electrons. The maximum absolute atomic E-state index is 13.8. The second-order valence-electron chi connectivity index (χ2n) is 16.3. The summed E-state index contributed by atoms with van der Waals surface area (Å²) in [6.45, 7) is 28.9. The highest BCUT2D eigenvalue weighted by molar-refractivity contribution is 5.88. The maximum atomic E-state index is 13.8. The van der Waals surface area contributed by atoms with Crippen molar-refractivity contribution in [1.82, 2.24) is 5.32 Å². The van der Waals surface area contributed by atoms with Crippen molar-refractivity contribution < 1.29 is 37.8 Å². The summed E-state index contributed by atoms with van der Waals surface area (Å²) in [5.41, 5.74) is -2.50. The van der Waals surface area contributed by atoms with Crippen LogP contribution in [0.5, 0.6) is 0 Å². The van der Waals surface area contributed by atoms with Crippen LogP contribution in [0.2, 0.25) is 0 Å². The average Bonchev–Trinajstić information content (AvgIpc) is 2.87. The maximum Gasteiger partial charge on any atom is 0.335 e. The van der Waals surface area contributed by atoms with Gasteiger partial charge in [-0.15, -0.1) is 0 Å². The van der Waals surface area contributed by atoms with Crippen molar-refractivity contribution in [2.24, 2.45) is 28.6 Å². The molecule has 47 heavy (non-hydrogen) atoms. The van der Waals surface area contributed by atoms with E-state index in [2.05, 4.69) is 5.32 Å². The third-order valence-electron chi connectivity index (χ3n) is 9.72. The van der Waals surface area contributed by atoms with E-state index in [0.717, 1.165) is 0 Å². The number of hydrogen-bond acceptors (Lipinski definition) is 8. The molecular formula is C38H68FNO7. The number of ketones is 1. The summed E-state index contributed by atoms with van der Waals surface area (Å²) < 4.78 is 31.5. The Balaban J connectivity index is 5.12. The van der Waals surface area contributed by atoms with Crippen LogP contribution in [-0.2, 0) is 33.4 Å². The predicted molar refractivity (Wildman–Crippen MR) is 186 cm³/mol. The highest BCUT2D eigenvalue weighted by Gasteiger charge is 2.44. The van der Waals surface area contributed by atoms with Crippen LogP contribution in [-0.4, -0.2) is 53.7 Å². The SMILES string of the molecule is CC/C(=C/NC(C)(C)C(CC)C(C)=O)C(=O)OC(C)(C)CCOC(C)(C)CCOC(=O)C(CC)C(C)(C)CC(C)(C)C(CC)C(=O)F. The molecule has 3 unspecified atom stereocenters. The van der Waals surface area contributed by atoms with Gasteiger partial charge in [0.1, 0.15) is 11.4 Å². The standard InChI is InChI=1S/C38H68FNO7/c1-16-27(24-40-38(14,15)28(17-2)26(5)41)32(43)47-37(12,13)21-23-46-36(10,11)20-22-45-33(44)30(19-4)35(8,9)25-34(6,7)29(18-3)31(39)42/h24,28-30,40H,16-23,25H2,1-15H3/b27-24-. The molecule has 3 atom stereocenters. The Morgan fingerprint density at radius 2 is 1.21 bits per heavy atom. The Kier molecular flexibility index (Phi) is 17.6. The molecule has 0 spiro atoms. The minimum atomic E-state index is -1.31. The topological polar surface area (TPSA) is 108 Å². The third-order valence-corrected chi connectivity index (χ3v) is 9.72. The van der Waals surface area contributed by atoms with Crippen LogP contribution in [0.25, 0.3) is 0 Å². The van der Waals surface area contributed by atoms with Gasteiger partial charge in [-0.05, 0) is 91.4 Å². The minimum absolute atomic E-state index is 0.103. The van der Waals surface area contributed by atoms with Gasteiger partial charge in [-0.25, -0.2) is 4.79 Å². The lowest BCUT2D eigenvalue weighted by Gasteiger charge is -2.41. The van der Waals surface area contributed by atoms with E-state index in [4.69, 9.17) is 14.2 Å². The predicted octanol–water partition coefficient (Wildman–Crippen LogP) is 8.70. The zero-order chi connectivity index (χ0) is 37.0. The summed E-state index contributed by atoms with van der Waals surface area (Å²) in [6, 6.07) is -1.31. The number of rotatable bonds is 23. The van der Waals surface area contributed by atoms with Gasteiger partial charge in [-0.1, -0.05) is 55.4 Å². The smallest absolute Gasteiger partial charge is 0.335 e. The van der Waals surface area contributed by atoms with Crippen molar-refractivity contribution in [3.05, 3.63) is 11.8 Å². The van der Waals surface area contributed by atoms with Crippen molar-refractivity contribution >= 4 is 23.8 Å². The van der Waals surface area contributed by atoms with Crippen LogP contribution in [0.1, 0.15) is 149 Å². The van der Waals surface area contributed by atoms with E-state index < -0.39 is 51.4 Å². The first-order valence-corrected chi connectivity index (χ1v) is 17.5. The number of hydrogen-bond donors (Lipinski definition) is 1. The van der Waals surface area contributed by atoms with Crippen LogP contribution < -0.4 is 5.32 Å². The Bertz CT molecular complexity index is 1070. The van der Waals surface area contributed by atoms with Gasteiger partial charge in [0.15, 0.2) is 0 Å². The first-order chi connectivity index (χ1) is 21.3. The first-order valence-electron chi connectivity index (χ1n) is 17.5. The number of Topliss-reactive ketones (excluding diaryl/α,β-unsaturated/α-hetero) is 1. The molecule has 0 bridgehead atoms. The fourth-order valence-corrected chi connectivity index (χ4v) is 6.98. The van der Waals surface area contributed by atoms with Crippen LogP contribution in [0.15, 0.2) is 11.8 Å². The van der Waals surface area contributed by atoms with Crippen molar-refractivity contribution in [3.8, 4) is 0 Å². The van der Waals surface area contributed by atoms with E-state index in [1.807, 2.05) is 90.0 Å². The molecule has 0 saturated heterocycles. The lowest BCUT2D eigenvalue weighted by Crippen LogP contribution is -2.46. The average molecular weight is 670 g/mol. The summed E-state index contributed by atoms with van der Waals surface area (Å²) in [4.78, 5) is 49.9. The molecule has 0 aliphatic heterocycles. The van der Waals surface area contributed by atoms with Crippen molar-refractivity contribution in [2.75, 3.05) is 13.2 Å². The van der Waals surface area contributed by atoms with Gasteiger partial charge in [-0.2, -0.15) is 4.39 Å². The van der Waals surface area contributed by atoms with Gasteiger partial charge >= 0.3 is 18.0 Å². The monoisotopic (exact) mass is 669 g/mol. The Morgan fingerprint density at radius 1 is 0.723 bits per heavy atom.